The van der Waals surface area contributed by atoms with Crippen LogP contribution >= 0.6 is 0 Å². The van der Waals surface area contributed by atoms with Gasteiger partial charge in [-0.05, 0) is 23.5 Å². The number of rotatable bonds is 6. The zero-order chi connectivity index (χ0) is 16.5. The molecule has 5 heteroatoms. The van der Waals surface area contributed by atoms with Crippen molar-refractivity contribution in [1.29, 1.82) is 0 Å². The second-order valence-electron chi connectivity index (χ2n) is 7.23. The minimum atomic E-state index is -2.03. The molecule has 1 amide bonds. The predicted molar refractivity (Wildman–Crippen MR) is 87.8 cm³/mol. The van der Waals surface area contributed by atoms with Crippen LogP contribution in [-0.2, 0) is 14.0 Å². The van der Waals surface area contributed by atoms with Crippen molar-refractivity contribution in [2.75, 3.05) is 7.05 Å². The highest BCUT2D eigenvalue weighted by atomic mass is 28.4. The number of carbonyl (C=O) groups is 2. The second-order valence-corrected chi connectivity index (χ2v) is 12.6. The molecule has 4 nitrogen and oxygen atoms in total. The Balaban J connectivity index is 3.04. The molecule has 0 radical (unpaired) electrons. The standard InChI is InChI=1S/C16H31NO3Si/c1-10(2)21(11(3)4,12(5)6)20-13(7)16-14(18)9-15(19)17(16)8/h10-13,16H,9H2,1-8H3/t13-,16+/m1/s1. The van der Waals surface area contributed by atoms with Gasteiger partial charge in [0, 0.05) is 7.05 Å². The molecular weight excluding hydrogens is 282 g/mol. The van der Waals surface area contributed by atoms with Crippen molar-refractivity contribution in [2.45, 2.75) is 83.7 Å². The lowest BCUT2D eigenvalue weighted by atomic mass is 10.1. The number of hydrogen-bond donors (Lipinski definition) is 0. The van der Waals surface area contributed by atoms with Crippen molar-refractivity contribution in [2.24, 2.45) is 0 Å². The van der Waals surface area contributed by atoms with Crippen molar-refractivity contribution in [3.8, 4) is 0 Å². The number of likely N-dealkylation sites (N-methyl/N-ethyl adjacent to an activating group) is 1. The van der Waals surface area contributed by atoms with Gasteiger partial charge in [-0.2, -0.15) is 0 Å². The number of nitrogens with zero attached hydrogens (tertiary/aromatic N) is 1. The van der Waals surface area contributed by atoms with Crippen LogP contribution in [0.15, 0.2) is 0 Å². The Morgan fingerprint density at radius 2 is 1.43 bits per heavy atom. The molecule has 0 aromatic carbocycles. The first-order chi connectivity index (χ1) is 9.55. The molecule has 122 valence electrons. The Bertz CT molecular complexity index is 385. The first-order valence-electron chi connectivity index (χ1n) is 8.01. The van der Waals surface area contributed by atoms with Gasteiger partial charge in [-0.25, -0.2) is 0 Å². The minimum Gasteiger partial charge on any atom is -0.411 e. The van der Waals surface area contributed by atoms with Gasteiger partial charge in [0.25, 0.3) is 0 Å². The van der Waals surface area contributed by atoms with Gasteiger partial charge in [-0.15, -0.1) is 0 Å². The smallest absolute Gasteiger partial charge is 0.230 e. The maximum Gasteiger partial charge on any atom is 0.230 e. The topological polar surface area (TPSA) is 46.6 Å². The highest BCUT2D eigenvalue weighted by molar-refractivity contribution is 6.77. The van der Waals surface area contributed by atoms with Crippen LogP contribution in [-0.4, -0.2) is 44.1 Å². The molecule has 1 heterocycles. The lowest BCUT2D eigenvalue weighted by Gasteiger charge is -2.45. The first-order valence-corrected chi connectivity index (χ1v) is 10.2. The third-order valence-corrected chi connectivity index (χ3v) is 11.2. The second kappa shape index (κ2) is 6.61. The lowest BCUT2D eigenvalue weighted by Crippen LogP contribution is -2.54. The van der Waals surface area contributed by atoms with Crippen LogP contribution in [0.1, 0.15) is 54.9 Å². The van der Waals surface area contributed by atoms with Crippen molar-refractivity contribution in [3.05, 3.63) is 0 Å². The van der Waals surface area contributed by atoms with Gasteiger partial charge in [0.2, 0.25) is 14.2 Å². The van der Waals surface area contributed by atoms with Gasteiger partial charge in [-0.3, -0.25) is 9.59 Å². The fourth-order valence-corrected chi connectivity index (χ4v) is 9.71. The Labute approximate surface area is 130 Å². The molecule has 0 aliphatic carbocycles. The lowest BCUT2D eigenvalue weighted by molar-refractivity contribution is -0.128. The summed E-state index contributed by atoms with van der Waals surface area (Å²) in [4.78, 5) is 25.4. The van der Waals surface area contributed by atoms with E-state index < -0.39 is 14.4 Å². The first kappa shape index (κ1) is 18.4. The number of carbonyl (C=O) groups excluding carboxylic acids is 2. The molecule has 1 fully saturated rings. The summed E-state index contributed by atoms with van der Waals surface area (Å²) in [6.45, 7) is 15.3. The molecule has 0 aromatic rings. The van der Waals surface area contributed by atoms with Crippen LogP contribution in [0, 0.1) is 0 Å². The molecule has 0 unspecified atom stereocenters. The molecule has 0 spiro atoms. The van der Waals surface area contributed by atoms with Gasteiger partial charge in [0.05, 0.1) is 12.5 Å². The maximum atomic E-state index is 12.1. The number of Topliss-reactive ketones (excluding diaryl/α,β-unsaturated/α-hetero) is 1. The van der Waals surface area contributed by atoms with E-state index in [-0.39, 0.29) is 24.2 Å². The van der Waals surface area contributed by atoms with Crippen molar-refractivity contribution >= 4 is 20.0 Å². The average Bonchev–Trinajstić information content (AvgIpc) is 2.58. The summed E-state index contributed by atoms with van der Waals surface area (Å²) in [5.41, 5.74) is 1.41. The fraction of sp³-hybridized carbons (Fsp3) is 0.875. The normalized spacial score (nSPS) is 22.0. The van der Waals surface area contributed by atoms with Crippen LogP contribution in [0.5, 0.6) is 0 Å². The van der Waals surface area contributed by atoms with Crippen molar-refractivity contribution < 1.29 is 14.0 Å². The fourth-order valence-electron chi connectivity index (χ4n) is 4.12. The summed E-state index contributed by atoms with van der Waals surface area (Å²) in [5, 5.41) is 0. The molecule has 21 heavy (non-hydrogen) atoms. The van der Waals surface area contributed by atoms with Crippen LogP contribution in [0.4, 0.5) is 0 Å². The SMILES string of the molecule is CC(C)[Si](O[C@H](C)[C@H]1C(=O)CC(=O)N1C)(C(C)C)C(C)C. The molecular formula is C16H31NO3Si. The van der Waals surface area contributed by atoms with E-state index in [0.717, 1.165) is 0 Å². The number of hydrogen-bond acceptors (Lipinski definition) is 3. The monoisotopic (exact) mass is 313 g/mol. The Morgan fingerprint density at radius 1 is 1.00 bits per heavy atom. The molecule has 0 aromatic heterocycles. The highest BCUT2D eigenvalue weighted by Gasteiger charge is 2.49. The quantitative estimate of drug-likeness (QED) is 0.558. The summed E-state index contributed by atoms with van der Waals surface area (Å²) in [5.74, 6) is -0.0967. The van der Waals surface area contributed by atoms with Gasteiger partial charge < -0.3 is 9.33 Å². The van der Waals surface area contributed by atoms with Crippen LogP contribution in [0.2, 0.25) is 16.6 Å². The molecule has 2 atom stereocenters. The predicted octanol–water partition coefficient (Wildman–Crippen LogP) is 3.37. The Morgan fingerprint density at radius 3 is 1.71 bits per heavy atom. The van der Waals surface area contributed by atoms with Crippen molar-refractivity contribution in [1.82, 2.24) is 4.90 Å². The van der Waals surface area contributed by atoms with E-state index in [4.69, 9.17) is 4.43 Å². The zero-order valence-corrected chi connectivity index (χ0v) is 15.8. The highest BCUT2D eigenvalue weighted by Crippen LogP contribution is 2.43. The summed E-state index contributed by atoms with van der Waals surface area (Å²) >= 11 is 0. The van der Waals surface area contributed by atoms with E-state index in [2.05, 4.69) is 41.5 Å². The molecule has 1 aliphatic heterocycles. The third kappa shape index (κ3) is 3.23. The van der Waals surface area contributed by atoms with E-state index in [9.17, 15) is 9.59 Å². The van der Waals surface area contributed by atoms with E-state index in [1.807, 2.05) is 6.92 Å². The summed E-state index contributed by atoms with van der Waals surface area (Å²) in [7, 11) is -0.320. The summed E-state index contributed by atoms with van der Waals surface area (Å²) < 4.78 is 6.62. The van der Waals surface area contributed by atoms with Gasteiger partial charge in [-0.1, -0.05) is 41.5 Å². The number of amides is 1. The molecule has 0 saturated carbocycles. The average molecular weight is 314 g/mol. The van der Waals surface area contributed by atoms with Crippen LogP contribution < -0.4 is 0 Å². The van der Waals surface area contributed by atoms with E-state index >= 15 is 0 Å². The summed E-state index contributed by atoms with van der Waals surface area (Å²) in [6, 6.07) is -0.416. The number of ketones is 1. The van der Waals surface area contributed by atoms with E-state index in [0.29, 0.717) is 16.6 Å². The Kier molecular flexibility index (Phi) is 5.78. The molecule has 1 aliphatic rings. The van der Waals surface area contributed by atoms with Crippen LogP contribution in [0.3, 0.4) is 0 Å². The maximum absolute atomic E-state index is 12.1. The third-order valence-electron chi connectivity index (χ3n) is 5.01. The molecule has 1 rings (SSSR count). The van der Waals surface area contributed by atoms with E-state index in [1.54, 1.807) is 11.9 Å². The summed E-state index contributed by atoms with van der Waals surface area (Å²) in [6.07, 6.45) is -0.207. The zero-order valence-electron chi connectivity index (χ0n) is 14.8. The van der Waals surface area contributed by atoms with Gasteiger partial charge in [0.1, 0.15) is 6.04 Å². The molecule has 0 bridgehead atoms. The van der Waals surface area contributed by atoms with Gasteiger partial charge >= 0.3 is 0 Å². The minimum absolute atomic E-state index is 0.00540. The largest absolute Gasteiger partial charge is 0.411 e. The van der Waals surface area contributed by atoms with E-state index in [1.165, 1.54) is 0 Å². The van der Waals surface area contributed by atoms with Gasteiger partial charge in [0.15, 0.2) is 5.78 Å². The van der Waals surface area contributed by atoms with Crippen molar-refractivity contribution in [3.63, 3.8) is 0 Å². The Hall–Kier alpha value is -0.683. The molecule has 0 N–H and O–H groups in total. The molecule has 1 saturated heterocycles. The number of likely N-dealkylation sites (tertiary alicyclic amines) is 1. The van der Waals surface area contributed by atoms with Crippen LogP contribution in [0.25, 0.3) is 0 Å².